The lowest BCUT2D eigenvalue weighted by molar-refractivity contribution is -0.108. The molecule has 0 aliphatic carbocycles. The van der Waals surface area contributed by atoms with Crippen molar-refractivity contribution in [3.63, 3.8) is 0 Å². The zero-order valence-corrected chi connectivity index (χ0v) is 9.41. The van der Waals surface area contributed by atoms with Gasteiger partial charge >= 0.3 is 0 Å². The molecule has 0 radical (unpaired) electrons. The molecule has 0 aromatic heterocycles. The highest BCUT2D eigenvalue weighted by Gasteiger charge is 2.23. The molecule has 4 nitrogen and oxygen atoms in total. The summed E-state index contributed by atoms with van der Waals surface area (Å²) in [5, 5.41) is 5.74. The molecule has 84 valence electrons. The molecule has 2 unspecified atom stereocenters. The molecule has 1 aromatic rings. The van der Waals surface area contributed by atoms with Crippen molar-refractivity contribution in [2.45, 2.75) is 19.0 Å². The minimum atomic E-state index is -0.491. The molecule has 0 saturated heterocycles. The molecule has 16 heavy (non-hydrogen) atoms. The van der Waals surface area contributed by atoms with Crippen LogP contribution in [0.5, 0.6) is 0 Å². The molecular weight excluding hydrogens is 228 g/mol. The van der Waals surface area contributed by atoms with Crippen LogP contribution in [-0.4, -0.2) is 23.6 Å². The first-order valence-electron chi connectivity index (χ1n) is 4.94. The third kappa shape index (κ3) is 1.88. The molecule has 0 bridgehead atoms. The molecule has 1 aliphatic rings. The maximum Gasteiger partial charge on any atom is 0.252 e. The van der Waals surface area contributed by atoms with Crippen molar-refractivity contribution in [2.75, 3.05) is 10.6 Å². The molecule has 2 rings (SSSR count). The predicted molar refractivity (Wildman–Crippen MR) is 63.2 cm³/mol. The molecule has 1 heterocycles. The molecule has 0 saturated carbocycles. The van der Waals surface area contributed by atoms with Gasteiger partial charge in [0.15, 0.2) is 0 Å². The molecule has 2 N–H and O–H groups in total. The number of hydrogen-bond acceptors (Lipinski definition) is 4. The smallest absolute Gasteiger partial charge is 0.252 e. The minimum absolute atomic E-state index is 0.0225. The lowest BCUT2D eigenvalue weighted by Gasteiger charge is -2.31. The van der Waals surface area contributed by atoms with Crippen LogP contribution in [0.4, 0.5) is 11.4 Å². The lowest BCUT2D eigenvalue weighted by atomic mass is 10.0. The van der Waals surface area contributed by atoms with Crippen molar-refractivity contribution < 1.29 is 9.59 Å². The Balaban J connectivity index is 2.36. The number of fused-ring (bicyclic) bond motifs is 1. The van der Waals surface area contributed by atoms with Gasteiger partial charge in [-0.25, -0.2) is 0 Å². The van der Waals surface area contributed by atoms with Gasteiger partial charge in [0.05, 0.1) is 17.4 Å². The molecular formula is C11H11ClN2O2. The van der Waals surface area contributed by atoms with Crippen LogP contribution in [0.3, 0.4) is 0 Å². The van der Waals surface area contributed by atoms with Crippen LogP contribution in [0.1, 0.15) is 17.3 Å². The Morgan fingerprint density at radius 1 is 1.38 bits per heavy atom. The lowest BCUT2D eigenvalue weighted by Crippen LogP contribution is -2.42. The van der Waals surface area contributed by atoms with Gasteiger partial charge in [0.2, 0.25) is 0 Å². The van der Waals surface area contributed by atoms with Crippen molar-refractivity contribution in [1.82, 2.24) is 0 Å². The molecule has 2 atom stereocenters. The highest BCUT2D eigenvalue weighted by Crippen LogP contribution is 2.29. The maximum absolute atomic E-state index is 11.0. The molecule has 0 amide bonds. The Morgan fingerprint density at radius 2 is 2.12 bits per heavy atom. The Morgan fingerprint density at radius 3 is 2.75 bits per heavy atom. The summed E-state index contributed by atoms with van der Waals surface area (Å²) in [4.78, 5) is 21.8. The fourth-order valence-electron chi connectivity index (χ4n) is 1.70. The van der Waals surface area contributed by atoms with Crippen LogP contribution in [-0.2, 0) is 4.79 Å². The predicted octanol–water partition coefficient (Wildman–Crippen LogP) is 1.86. The number of carbonyl (C=O) groups is 2. The van der Waals surface area contributed by atoms with Gasteiger partial charge < -0.3 is 15.4 Å². The summed E-state index contributed by atoms with van der Waals surface area (Å²) in [7, 11) is 0. The number of aldehydes is 1. The van der Waals surface area contributed by atoms with E-state index in [2.05, 4.69) is 10.6 Å². The average Bonchev–Trinajstić information content (AvgIpc) is 2.27. The van der Waals surface area contributed by atoms with Crippen LogP contribution in [0.15, 0.2) is 18.2 Å². The van der Waals surface area contributed by atoms with E-state index in [1.54, 1.807) is 18.2 Å². The van der Waals surface area contributed by atoms with E-state index in [1.807, 2.05) is 6.92 Å². The minimum Gasteiger partial charge on any atom is -0.378 e. The highest BCUT2D eigenvalue weighted by molar-refractivity contribution is 6.67. The van der Waals surface area contributed by atoms with Crippen molar-refractivity contribution in [2.24, 2.45) is 0 Å². The Bertz CT molecular complexity index is 448. The van der Waals surface area contributed by atoms with E-state index in [1.165, 1.54) is 0 Å². The van der Waals surface area contributed by atoms with Crippen molar-refractivity contribution in [3.8, 4) is 0 Å². The first kappa shape index (κ1) is 11.0. The largest absolute Gasteiger partial charge is 0.378 e. The third-order valence-corrected chi connectivity index (χ3v) is 2.86. The van der Waals surface area contributed by atoms with Gasteiger partial charge in [-0.2, -0.15) is 0 Å². The normalized spacial score (nSPS) is 22.6. The van der Waals surface area contributed by atoms with E-state index in [4.69, 9.17) is 11.6 Å². The monoisotopic (exact) mass is 238 g/mol. The van der Waals surface area contributed by atoms with Gasteiger partial charge in [0, 0.05) is 5.56 Å². The topological polar surface area (TPSA) is 58.2 Å². The summed E-state index contributed by atoms with van der Waals surface area (Å²) in [6, 6.07) is 4.76. The summed E-state index contributed by atoms with van der Waals surface area (Å²) in [5.74, 6) is 0. The van der Waals surface area contributed by atoms with Crippen molar-refractivity contribution in [3.05, 3.63) is 23.8 Å². The first-order chi connectivity index (χ1) is 7.61. The average molecular weight is 239 g/mol. The third-order valence-electron chi connectivity index (χ3n) is 2.64. The standard InChI is InChI=1S/C11H11ClN2O2/c1-6-10(5-15)14-8-3-2-7(11(12)16)4-9(8)13-6/h2-6,10,13-14H,1H3. The Labute approximate surface area is 98.0 Å². The second-order valence-corrected chi connectivity index (χ2v) is 4.12. The van der Waals surface area contributed by atoms with Crippen LogP contribution in [0.2, 0.25) is 0 Å². The van der Waals surface area contributed by atoms with Gasteiger partial charge in [-0.05, 0) is 36.7 Å². The van der Waals surface area contributed by atoms with E-state index in [9.17, 15) is 9.59 Å². The fraction of sp³-hybridized carbons (Fsp3) is 0.273. The van der Waals surface area contributed by atoms with Gasteiger partial charge in [0.25, 0.3) is 5.24 Å². The number of rotatable bonds is 2. The summed E-state index contributed by atoms with van der Waals surface area (Å²) in [5.41, 5.74) is 2.03. The van der Waals surface area contributed by atoms with E-state index < -0.39 is 5.24 Å². The van der Waals surface area contributed by atoms with Crippen LogP contribution in [0.25, 0.3) is 0 Å². The van der Waals surface area contributed by atoms with Crippen molar-refractivity contribution in [1.29, 1.82) is 0 Å². The summed E-state index contributed by atoms with van der Waals surface area (Å²) in [6.45, 7) is 1.89. The SMILES string of the molecule is CC1Nc2cc(C(=O)Cl)ccc2NC1C=O. The number of anilines is 2. The van der Waals surface area contributed by atoms with Gasteiger partial charge in [-0.15, -0.1) is 0 Å². The van der Waals surface area contributed by atoms with E-state index >= 15 is 0 Å². The number of carbonyl (C=O) groups excluding carboxylic acids is 2. The van der Waals surface area contributed by atoms with Crippen LogP contribution >= 0.6 is 11.6 Å². The van der Waals surface area contributed by atoms with Gasteiger partial charge in [-0.1, -0.05) is 0 Å². The van der Waals surface area contributed by atoms with E-state index in [0.717, 1.165) is 17.7 Å². The highest BCUT2D eigenvalue weighted by atomic mass is 35.5. The number of nitrogens with one attached hydrogen (secondary N) is 2. The Kier molecular flexibility index (Phi) is 2.83. The maximum atomic E-state index is 11.0. The summed E-state index contributed by atoms with van der Waals surface area (Å²) < 4.78 is 0. The van der Waals surface area contributed by atoms with Crippen molar-refractivity contribution >= 4 is 34.5 Å². The number of hydrogen-bond donors (Lipinski definition) is 2. The van der Waals surface area contributed by atoms with Gasteiger partial charge in [0.1, 0.15) is 12.3 Å². The summed E-state index contributed by atoms with van der Waals surface area (Å²) >= 11 is 5.39. The Hall–Kier alpha value is -1.55. The number of benzene rings is 1. The molecule has 0 fully saturated rings. The molecule has 1 aromatic carbocycles. The fourth-order valence-corrected chi connectivity index (χ4v) is 1.82. The number of halogens is 1. The second-order valence-electron chi connectivity index (χ2n) is 3.77. The molecule has 0 spiro atoms. The second kappa shape index (κ2) is 4.14. The quantitative estimate of drug-likeness (QED) is 0.610. The first-order valence-corrected chi connectivity index (χ1v) is 5.32. The zero-order chi connectivity index (χ0) is 11.7. The molecule has 5 heteroatoms. The van der Waals surface area contributed by atoms with E-state index in [0.29, 0.717) is 5.56 Å². The van der Waals surface area contributed by atoms with E-state index in [-0.39, 0.29) is 12.1 Å². The van der Waals surface area contributed by atoms with Crippen LogP contribution < -0.4 is 10.6 Å². The molecule has 1 aliphatic heterocycles. The zero-order valence-electron chi connectivity index (χ0n) is 8.66. The summed E-state index contributed by atoms with van der Waals surface area (Å²) in [6.07, 6.45) is 0.862. The van der Waals surface area contributed by atoms with Gasteiger partial charge in [-0.3, -0.25) is 4.79 Å². The van der Waals surface area contributed by atoms with Crippen LogP contribution in [0, 0.1) is 0 Å².